The van der Waals surface area contributed by atoms with E-state index in [0.717, 1.165) is 19.3 Å². The molecule has 0 spiro atoms. The van der Waals surface area contributed by atoms with E-state index >= 15 is 0 Å². The molecule has 0 radical (unpaired) electrons. The van der Waals surface area contributed by atoms with E-state index in [1.165, 1.54) is 7.11 Å². The van der Waals surface area contributed by atoms with Crippen molar-refractivity contribution < 1.29 is 19.1 Å². The van der Waals surface area contributed by atoms with Crippen LogP contribution in [0.15, 0.2) is 24.3 Å². The molecule has 1 rings (SSSR count). The van der Waals surface area contributed by atoms with Gasteiger partial charge >= 0.3 is 11.9 Å². The van der Waals surface area contributed by atoms with Crippen molar-refractivity contribution in [1.82, 2.24) is 0 Å². The van der Waals surface area contributed by atoms with Crippen LogP contribution in [0.25, 0.3) is 0 Å². The zero-order valence-electron chi connectivity index (χ0n) is 10.8. The number of carbonyl (C=O) groups excluding carboxylic acids is 2. The minimum Gasteiger partial charge on any atom is -0.465 e. The molecular formula is C14H18O4. The van der Waals surface area contributed by atoms with Crippen molar-refractivity contribution in [3.63, 3.8) is 0 Å². The number of unbranched alkanes of at least 4 members (excludes halogenated alkanes) is 2. The van der Waals surface area contributed by atoms with Crippen LogP contribution in [0.5, 0.6) is 0 Å². The highest BCUT2D eigenvalue weighted by molar-refractivity contribution is 6.03. The van der Waals surface area contributed by atoms with Crippen molar-refractivity contribution in [3.8, 4) is 0 Å². The van der Waals surface area contributed by atoms with Crippen LogP contribution >= 0.6 is 0 Å². The zero-order valence-corrected chi connectivity index (χ0v) is 10.8. The van der Waals surface area contributed by atoms with Crippen LogP contribution in [0.2, 0.25) is 0 Å². The molecule has 0 amide bonds. The predicted molar refractivity (Wildman–Crippen MR) is 67.6 cm³/mol. The predicted octanol–water partition coefficient (Wildman–Crippen LogP) is 2.82. The lowest BCUT2D eigenvalue weighted by molar-refractivity contribution is 0.0480. The van der Waals surface area contributed by atoms with E-state index in [0.29, 0.717) is 6.61 Å². The van der Waals surface area contributed by atoms with Gasteiger partial charge in [-0.05, 0) is 18.6 Å². The molecule has 0 aromatic heterocycles. The third-order valence-corrected chi connectivity index (χ3v) is 2.53. The number of hydrogen-bond donors (Lipinski definition) is 0. The van der Waals surface area contributed by atoms with Gasteiger partial charge in [-0.1, -0.05) is 31.9 Å². The summed E-state index contributed by atoms with van der Waals surface area (Å²) in [5.41, 5.74) is 0.487. The lowest BCUT2D eigenvalue weighted by Crippen LogP contribution is -2.13. The van der Waals surface area contributed by atoms with Gasteiger partial charge in [-0.15, -0.1) is 0 Å². The average molecular weight is 250 g/mol. The van der Waals surface area contributed by atoms with Crippen LogP contribution in [0.3, 0.4) is 0 Å². The Balaban J connectivity index is 2.70. The van der Waals surface area contributed by atoms with Crippen molar-refractivity contribution in [3.05, 3.63) is 35.4 Å². The van der Waals surface area contributed by atoms with E-state index in [4.69, 9.17) is 4.74 Å². The molecule has 0 N–H and O–H groups in total. The molecule has 4 heteroatoms. The molecule has 0 atom stereocenters. The van der Waals surface area contributed by atoms with Crippen molar-refractivity contribution in [2.24, 2.45) is 0 Å². The van der Waals surface area contributed by atoms with Gasteiger partial charge in [0.2, 0.25) is 0 Å². The maximum atomic E-state index is 11.8. The zero-order chi connectivity index (χ0) is 13.4. The second-order valence-electron chi connectivity index (χ2n) is 3.88. The first-order chi connectivity index (χ1) is 8.70. The smallest absolute Gasteiger partial charge is 0.339 e. The summed E-state index contributed by atoms with van der Waals surface area (Å²) >= 11 is 0. The van der Waals surface area contributed by atoms with Gasteiger partial charge < -0.3 is 9.47 Å². The molecule has 1 aromatic carbocycles. The standard InChI is InChI=1S/C14H18O4/c1-3-4-7-10-18-14(16)12-9-6-5-8-11(12)13(15)17-2/h5-6,8-9H,3-4,7,10H2,1-2H3. The molecule has 1 aromatic rings. The highest BCUT2D eigenvalue weighted by Crippen LogP contribution is 2.12. The molecule has 98 valence electrons. The van der Waals surface area contributed by atoms with Crippen molar-refractivity contribution in [2.45, 2.75) is 26.2 Å². The Kier molecular flexibility index (Phi) is 5.91. The van der Waals surface area contributed by atoms with Crippen LogP contribution in [0.1, 0.15) is 46.9 Å². The molecule has 0 saturated heterocycles. The highest BCUT2D eigenvalue weighted by Gasteiger charge is 2.17. The Bertz CT molecular complexity index is 412. The maximum Gasteiger partial charge on any atom is 0.339 e. The van der Waals surface area contributed by atoms with Crippen molar-refractivity contribution in [2.75, 3.05) is 13.7 Å². The van der Waals surface area contributed by atoms with Gasteiger partial charge in [-0.3, -0.25) is 0 Å². The fourth-order valence-corrected chi connectivity index (χ4v) is 1.54. The first-order valence-corrected chi connectivity index (χ1v) is 6.05. The molecule has 0 saturated carbocycles. The lowest BCUT2D eigenvalue weighted by atomic mass is 10.1. The Hall–Kier alpha value is -1.84. The normalized spacial score (nSPS) is 9.89. The van der Waals surface area contributed by atoms with Gasteiger partial charge in [0.1, 0.15) is 0 Å². The Morgan fingerprint density at radius 2 is 1.67 bits per heavy atom. The van der Waals surface area contributed by atoms with Gasteiger partial charge in [0.25, 0.3) is 0 Å². The molecule has 0 aliphatic heterocycles. The number of benzene rings is 1. The Morgan fingerprint density at radius 3 is 2.22 bits per heavy atom. The van der Waals surface area contributed by atoms with Gasteiger partial charge in [0, 0.05) is 0 Å². The first kappa shape index (κ1) is 14.2. The third kappa shape index (κ3) is 3.87. The largest absolute Gasteiger partial charge is 0.465 e. The number of methoxy groups -OCH3 is 1. The molecule has 0 fully saturated rings. The van der Waals surface area contributed by atoms with Gasteiger partial charge in [0.15, 0.2) is 0 Å². The topological polar surface area (TPSA) is 52.6 Å². The molecule has 4 nitrogen and oxygen atoms in total. The van der Waals surface area contributed by atoms with Crippen molar-refractivity contribution in [1.29, 1.82) is 0 Å². The Morgan fingerprint density at radius 1 is 1.06 bits per heavy atom. The minimum atomic E-state index is -0.531. The van der Waals surface area contributed by atoms with Gasteiger partial charge in [0.05, 0.1) is 24.8 Å². The summed E-state index contributed by atoms with van der Waals surface area (Å²) in [6, 6.07) is 6.48. The number of rotatable bonds is 6. The van der Waals surface area contributed by atoms with Gasteiger partial charge in [-0.2, -0.15) is 0 Å². The number of esters is 2. The maximum absolute atomic E-state index is 11.8. The van der Waals surface area contributed by atoms with E-state index in [9.17, 15) is 9.59 Å². The fourth-order valence-electron chi connectivity index (χ4n) is 1.54. The van der Waals surface area contributed by atoms with Crippen LogP contribution in [-0.4, -0.2) is 25.7 Å². The third-order valence-electron chi connectivity index (χ3n) is 2.53. The molecule has 18 heavy (non-hydrogen) atoms. The van der Waals surface area contributed by atoms with Gasteiger partial charge in [-0.25, -0.2) is 9.59 Å². The second kappa shape index (κ2) is 7.48. The van der Waals surface area contributed by atoms with E-state index in [1.807, 2.05) is 0 Å². The highest BCUT2D eigenvalue weighted by atomic mass is 16.5. The summed E-state index contributed by atoms with van der Waals surface area (Å²) in [6.07, 6.45) is 2.92. The monoisotopic (exact) mass is 250 g/mol. The number of ether oxygens (including phenoxy) is 2. The first-order valence-electron chi connectivity index (χ1n) is 6.05. The van der Waals surface area contributed by atoms with E-state index in [1.54, 1.807) is 24.3 Å². The summed E-state index contributed by atoms with van der Waals surface area (Å²) < 4.78 is 9.74. The number of carbonyl (C=O) groups is 2. The van der Waals surface area contributed by atoms with Crippen LogP contribution in [0, 0.1) is 0 Å². The summed E-state index contributed by atoms with van der Waals surface area (Å²) in [5, 5.41) is 0. The summed E-state index contributed by atoms with van der Waals surface area (Å²) in [5.74, 6) is -1.01. The van der Waals surface area contributed by atoms with E-state index in [2.05, 4.69) is 11.7 Å². The fraction of sp³-hybridized carbons (Fsp3) is 0.429. The summed E-state index contributed by atoms with van der Waals surface area (Å²) in [4.78, 5) is 23.3. The molecule has 0 aliphatic rings. The SMILES string of the molecule is CCCCCOC(=O)c1ccccc1C(=O)OC. The van der Waals surface area contributed by atoms with Crippen LogP contribution < -0.4 is 0 Å². The summed E-state index contributed by atoms with van der Waals surface area (Å²) in [7, 11) is 1.28. The molecular weight excluding hydrogens is 232 g/mol. The second-order valence-corrected chi connectivity index (χ2v) is 3.88. The average Bonchev–Trinajstić information content (AvgIpc) is 2.42. The van der Waals surface area contributed by atoms with Crippen LogP contribution in [-0.2, 0) is 9.47 Å². The van der Waals surface area contributed by atoms with E-state index in [-0.39, 0.29) is 11.1 Å². The molecule has 0 bridgehead atoms. The Labute approximate surface area is 107 Å². The molecule has 0 heterocycles. The quantitative estimate of drug-likeness (QED) is 0.575. The summed E-state index contributed by atoms with van der Waals surface area (Å²) in [6.45, 7) is 2.45. The van der Waals surface area contributed by atoms with Crippen molar-refractivity contribution >= 4 is 11.9 Å². The minimum absolute atomic E-state index is 0.237. The lowest BCUT2D eigenvalue weighted by Gasteiger charge is -2.07. The van der Waals surface area contributed by atoms with E-state index < -0.39 is 11.9 Å². The number of hydrogen-bond acceptors (Lipinski definition) is 4. The molecule has 0 aliphatic carbocycles. The molecule has 0 unspecified atom stereocenters. The van der Waals surface area contributed by atoms with Crippen LogP contribution in [0.4, 0.5) is 0 Å².